The summed E-state index contributed by atoms with van der Waals surface area (Å²) in [5, 5.41) is 2.74. The Balaban J connectivity index is 2.30. The normalized spacial score (nSPS) is 10.5. The molecule has 0 nitrogen and oxygen atoms in total. The van der Waals surface area contributed by atoms with E-state index in [9.17, 15) is 0 Å². The summed E-state index contributed by atoms with van der Waals surface area (Å²) in [6, 6.07) is 21.1. The van der Waals surface area contributed by atoms with E-state index < -0.39 is 0 Å². The molecule has 0 unspecified atom stereocenters. The van der Waals surface area contributed by atoms with Gasteiger partial charge in [-0.2, -0.15) is 0 Å². The fourth-order valence-electron chi connectivity index (χ4n) is 1.25. The van der Waals surface area contributed by atoms with Crippen molar-refractivity contribution in [1.82, 2.24) is 0 Å². The molecule has 0 aliphatic carbocycles. The van der Waals surface area contributed by atoms with Crippen LogP contribution in [0.3, 0.4) is 0 Å². The van der Waals surface area contributed by atoms with Gasteiger partial charge in [-0.1, -0.05) is 0 Å². The SMILES string of the molecule is [Pd][P](c1ccccc1)c1ccccc1. The molecule has 0 aliphatic rings. The average Bonchev–Trinajstić information content (AvgIpc) is 2.30. The van der Waals surface area contributed by atoms with Gasteiger partial charge in [0.25, 0.3) is 0 Å². The summed E-state index contributed by atoms with van der Waals surface area (Å²) in [5.74, 6) is 0. The Morgan fingerprint density at radius 3 is 1.36 bits per heavy atom. The van der Waals surface area contributed by atoms with E-state index in [1.54, 1.807) is 0 Å². The monoisotopic (exact) mass is 291 g/mol. The van der Waals surface area contributed by atoms with Crippen molar-refractivity contribution in [2.24, 2.45) is 0 Å². The number of rotatable bonds is 2. The first-order valence-corrected chi connectivity index (χ1v) is 7.67. The summed E-state index contributed by atoms with van der Waals surface area (Å²) < 4.78 is 0. The topological polar surface area (TPSA) is 0 Å². The van der Waals surface area contributed by atoms with Gasteiger partial charge in [-0.15, -0.1) is 0 Å². The van der Waals surface area contributed by atoms with Gasteiger partial charge in [-0.05, 0) is 0 Å². The van der Waals surface area contributed by atoms with Crippen LogP contribution in [0.2, 0.25) is 0 Å². The van der Waals surface area contributed by atoms with Crippen LogP contribution in [0.15, 0.2) is 60.7 Å². The standard InChI is InChI=1S/C12H10P.Pd/c1-3-7-11(8-4-1)13-12-9-5-2-6-10-12;/h1-10H;/q-1;+1. The van der Waals surface area contributed by atoms with E-state index in [-0.39, 0.29) is 6.11 Å². The van der Waals surface area contributed by atoms with Crippen molar-refractivity contribution in [3.63, 3.8) is 0 Å². The van der Waals surface area contributed by atoms with Crippen molar-refractivity contribution in [3.05, 3.63) is 60.7 Å². The van der Waals surface area contributed by atoms with Crippen LogP contribution in [0.1, 0.15) is 0 Å². The minimum atomic E-state index is -0.321. The predicted octanol–water partition coefficient (Wildman–Crippen LogP) is 2.58. The van der Waals surface area contributed by atoms with Crippen molar-refractivity contribution in [2.75, 3.05) is 0 Å². The molecule has 2 aromatic rings. The quantitative estimate of drug-likeness (QED) is 0.589. The maximum absolute atomic E-state index is 3.47. The van der Waals surface area contributed by atoms with Crippen molar-refractivity contribution in [3.8, 4) is 0 Å². The number of hydrogen-bond donors (Lipinski definition) is 0. The molecule has 0 aromatic heterocycles. The van der Waals surface area contributed by atoms with Gasteiger partial charge in [-0.25, -0.2) is 0 Å². The molecule has 2 heteroatoms. The van der Waals surface area contributed by atoms with Crippen molar-refractivity contribution < 1.29 is 18.7 Å². The van der Waals surface area contributed by atoms with E-state index >= 15 is 0 Å². The van der Waals surface area contributed by atoms with E-state index in [0.717, 1.165) is 0 Å². The molecule has 0 fully saturated rings. The van der Waals surface area contributed by atoms with Gasteiger partial charge in [-0.3, -0.25) is 0 Å². The van der Waals surface area contributed by atoms with Gasteiger partial charge < -0.3 is 0 Å². The van der Waals surface area contributed by atoms with Crippen LogP contribution in [0.25, 0.3) is 0 Å². The van der Waals surface area contributed by atoms with E-state index in [1.165, 1.54) is 10.6 Å². The van der Waals surface area contributed by atoms with Crippen molar-refractivity contribution >= 4 is 16.7 Å². The molecule has 0 N–H and O–H groups in total. The average molecular weight is 292 g/mol. The third kappa shape index (κ3) is 2.31. The molecular formula is C12H10PPd. The van der Waals surface area contributed by atoms with E-state index in [0.29, 0.717) is 0 Å². The Labute approximate surface area is 96.0 Å². The molecule has 0 bridgehead atoms. The molecule has 0 spiro atoms. The zero-order valence-electron chi connectivity index (χ0n) is 7.54. The third-order valence-corrected chi connectivity index (χ3v) is 5.78. The fraction of sp³-hybridized carbons (Fsp3) is 0. The first-order valence-electron chi connectivity index (χ1n) is 4.41. The molecule has 0 amide bonds. The summed E-state index contributed by atoms with van der Waals surface area (Å²) >= 11 is 3.47. The van der Waals surface area contributed by atoms with Gasteiger partial charge in [0.05, 0.1) is 0 Å². The van der Waals surface area contributed by atoms with Crippen LogP contribution in [0, 0.1) is 0 Å². The molecule has 73 valence electrons. The van der Waals surface area contributed by atoms with Crippen LogP contribution in [0.4, 0.5) is 0 Å². The fourth-order valence-corrected chi connectivity index (χ4v) is 3.77. The predicted molar refractivity (Wildman–Crippen MR) is 59.1 cm³/mol. The Morgan fingerprint density at radius 2 is 1.00 bits per heavy atom. The second-order valence-electron chi connectivity index (χ2n) is 2.92. The van der Waals surface area contributed by atoms with Gasteiger partial charge in [0.2, 0.25) is 0 Å². The summed E-state index contributed by atoms with van der Waals surface area (Å²) in [5.41, 5.74) is 0. The Morgan fingerprint density at radius 1 is 0.643 bits per heavy atom. The third-order valence-electron chi connectivity index (χ3n) is 1.93. The second kappa shape index (κ2) is 4.85. The van der Waals surface area contributed by atoms with Gasteiger partial charge >= 0.3 is 96.1 Å². The molecule has 0 aliphatic heterocycles. The summed E-state index contributed by atoms with van der Waals surface area (Å²) in [4.78, 5) is 0. The number of hydrogen-bond acceptors (Lipinski definition) is 0. The van der Waals surface area contributed by atoms with E-state index in [1.807, 2.05) is 0 Å². The zero-order valence-corrected chi connectivity index (χ0v) is 9.99. The van der Waals surface area contributed by atoms with Crippen LogP contribution in [-0.4, -0.2) is 0 Å². The van der Waals surface area contributed by atoms with Crippen molar-refractivity contribution in [2.45, 2.75) is 0 Å². The maximum atomic E-state index is 3.47. The zero-order chi connectivity index (χ0) is 9.80. The van der Waals surface area contributed by atoms with E-state index in [2.05, 4.69) is 79.4 Å². The number of benzene rings is 2. The van der Waals surface area contributed by atoms with E-state index in [4.69, 9.17) is 0 Å². The molecule has 0 heterocycles. The Kier molecular flexibility index (Phi) is 3.49. The van der Waals surface area contributed by atoms with Crippen LogP contribution in [-0.2, 0) is 18.7 Å². The van der Waals surface area contributed by atoms with Crippen LogP contribution < -0.4 is 10.6 Å². The van der Waals surface area contributed by atoms with Crippen LogP contribution in [0.5, 0.6) is 0 Å². The Bertz CT molecular complexity index is 346. The molecule has 2 rings (SSSR count). The second-order valence-corrected chi connectivity index (χ2v) is 6.55. The first kappa shape index (κ1) is 10.1. The van der Waals surface area contributed by atoms with Crippen LogP contribution >= 0.6 is 6.11 Å². The molecule has 0 radical (unpaired) electrons. The molecule has 0 saturated heterocycles. The minimum absolute atomic E-state index is 0.321. The first-order chi connectivity index (χ1) is 6.88. The summed E-state index contributed by atoms with van der Waals surface area (Å²) in [7, 11) is 0. The van der Waals surface area contributed by atoms with Gasteiger partial charge in [0, 0.05) is 0 Å². The molecule has 2 aromatic carbocycles. The molecule has 0 saturated carbocycles. The van der Waals surface area contributed by atoms with Gasteiger partial charge in [0.1, 0.15) is 0 Å². The molecular weight excluding hydrogens is 282 g/mol. The molecule has 14 heavy (non-hydrogen) atoms. The summed E-state index contributed by atoms with van der Waals surface area (Å²) in [6.45, 7) is 0. The molecule has 0 atom stereocenters. The Hall–Kier alpha value is -0.468. The summed E-state index contributed by atoms with van der Waals surface area (Å²) in [6.07, 6.45) is -0.321. The van der Waals surface area contributed by atoms with Crippen molar-refractivity contribution in [1.29, 1.82) is 0 Å². The van der Waals surface area contributed by atoms with Gasteiger partial charge in [0.15, 0.2) is 0 Å².